The average Bonchev–Trinajstić information content (AvgIpc) is 2.73. The number of hydrogen-bond donors (Lipinski definition) is 2. The van der Waals surface area contributed by atoms with Crippen LogP contribution in [0.4, 0.5) is 0 Å². The van der Waals surface area contributed by atoms with E-state index in [0.717, 1.165) is 24.9 Å². The van der Waals surface area contributed by atoms with E-state index in [1.54, 1.807) is 12.1 Å². The molecule has 0 aliphatic heterocycles. The Balaban J connectivity index is 2.10. The molecule has 1 aromatic rings. The highest BCUT2D eigenvalue weighted by Crippen LogP contribution is 2.06. The molecule has 0 radical (unpaired) electrons. The molecular weight excluding hydrogens is 368 g/mol. The number of ether oxygens (including phenoxy) is 3. The van der Waals surface area contributed by atoms with Crippen molar-refractivity contribution in [2.45, 2.75) is 26.7 Å². The van der Waals surface area contributed by atoms with Gasteiger partial charge in [0.25, 0.3) is 5.91 Å². The molecule has 0 aromatic heterocycles. The topological polar surface area (TPSA) is 68.8 Å². The molecule has 6 nitrogen and oxygen atoms in total. The maximum atomic E-state index is 12.1. The number of hydrogen-bond acceptors (Lipinski definition) is 5. The van der Waals surface area contributed by atoms with Gasteiger partial charge in [0.15, 0.2) is 0 Å². The summed E-state index contributed by atoms with van der Waals surface area (Å²) in [6.07, 6.45) is 2.24. The maximum absolute atomic E-state index is 12.1. The van der Waals surface area contributed by atoms with Crippen molar-refractivity contribution >= 4 is 5.91 Å². The summed E-state index contributed by atoms with van der Waals surface area (Å²) in [6.45, 7) is 8.88. The molecule has 0 saturated carbocycles. The number of nitrogens with one attached hydrogen (secondary N) is 2. The van der Waals surface area contributed by atoms with Crippen LogP contribution in [0, 0.1) is 17.8 Å². The van der Waals surface area contributed by atoms with Crippen LogP contribution in [0.1, 0.15) is 42.6 Å². The number of amides is 1. The highest BCUT2D eigenvalue weighted by Gasteiger charge is 2.04. The van der Waals surface area contributed by atoms with Crippen LogP contribution in [0.25, 0.3) is 0 Å². The largest absolute Gasteiger partial charge is 0.378 e. The maximum Gasteiger partial charge on any atom is 0.251 e. The molecule has 1 aromatic carbocycles. The standard InChI is InChI=1S/C23H36N2O4/c1-4-5-20(2)6-7-21-8-10-22(11-9-21)23(26)25-13-15-28-17-19-29-18-16-27-14-12-24-3/h8-11,20,24H,4-5,12-19H2,1-3H3,(H,25,26). The summed E-state index contributed by atoms with van der Waals surface area (Å²) in [5, 5.41) is 5.86. The predicted molar refractivity (Wildman–Crippen MR) is 116 cm³/mol. The van der Waals surface area contributed by atoms with E-state index < -0.39 is 0 Å². The van der Waals surface area contributed by atoms with E-state index in [4.69, 9.17) is 14.2 Å². The van der Waals surface area contributed by atoms with Crippen molar-refractivity contribution in [3.63, 3.8) is 0 Å². The first-order valence-electron chi connectivity index (χ1n) is 10.4. The zero-order chi connectivity index (χ0) is 21.2. The number of carbonyl (C=O) groups excluding carboxylic acids is 1. The van der Waals surface area contributed by atoms with Crippen molar-refractivity contribution < 1.29 is 19.0 Å². The number of likely N-dealkylation sites (N-methyl/N-ethyl adjacent to an activating group) is 1. The molecule has 29 heavy (non-hydrogen) atoms. The van der Waals surface area contributed by atoms with Crippen LogP contribution in [-0.4, -0.2) is 65.7 Å². The third kappa shape index (κ3) is 13.0. The SMILES string of the molecule is CCCC(C)C#Cc1ccc(C(=O)NCCOCCOCCOCCNC)cc1. The second-order valence-corrected chi connectivity index (χ2v) is 6.73. The summed E-state index contributed by atoms with van der Waals surface area (Å²) in [6, 6.07) is 7.38. The molecule has 1 unspecified atom stereocenters. The molecule has 1 amide bonds. The molecule has 2 N–H and O–H groups in total. The molecule has 0 aliphatic carbocycles. The molecular formula is C23H36N2O4. The second-order valence-electron chi connectivity index (χ2n) is 6.73. The van der Waals surface area contributed by atoms with Gasteiger partial charge in [-0.3, -0.25) is 4.79 Å². The molecule has 0 saturated heterocycles. The lowest BCUT2D eigenvalue weighted by Gasteiger charge is -2.08. The van der Waals surface area contributed by atoms with Crippen LogP contribution < -0.4 is 10.6 Å². The van der Waals surface area contributed by atoms with E-state index in [1.807, 2.05) is 19.2 Å². The molecule has 1 atom stereocenters. The number of rotatable bonds is 15. The minimum atomic E-state index is -0.109. The van der Waals surface area contributed by atoms with Gasteiger partial charge in [0, 0.05) is 30.1 Å². The summed E-state index contributed by atoms with van der Waals surface area (Å²) >= 11 is 0. The zero-order valence-electron chi connectivity index (χ0n) is 18.1. The average molecular weight is 405 g/mol. The minimum Gasteiger partial charge on any atom is -0.378 e. The lowest BCUT2D eigenvalue weighted by molar-refractivity contribution is 0.0159. The van der Waals surface area contributed by atoms with Gasteiger partial charge in [0.1, 0.15) is 0 Å². The number of carbonyl (C=O) groups is 1. The van der Waals surface area contributed by atoms with Crippen molar-refractivity contribution in [2.24, 2.45) is 5.92 Å². The molecule has 162 valence electrons. The van der Waals surface area contributed by atoms with Gasteiger partial charge in [-0.2, -0.15) is 0 Å². The summed E-state index contributed by atoms with van der Waals surface area (Å²) in [4.78, 5) is 12.1. The lowest BCUT2D eigenvalue weighted by atomic mass is 10.1. The van der Waals surface area contributed by atoms with Crippen molar-refractivity contribution in [1.82, 2.24) is 10.6 Å². The van der Waals surface area contributed by atoms with Crippen molar-refractivity contribution in [3.05, 3.63) is 35.4 Å². The molecule has 0 aliphatic rings. The highest BCUT2D eigenvalue weighted by molar-refractivity contribution is 5.94. The number of benzene rings is 1. The third-order valence-electron chi connectivity index (χ3n) is 4.10. The van der Waals surface area contributed by atoms with E-state index in [0.29, 0.717) is 57.7 Å². The van der Waals surface area contributed by atoms with Crippen LogP contribution in [0.2, 0.25) is 0 Å². The van der Waals surface area contributed by atoms with Crippen molar-refractivity contribution in [3.8, 4) is 11.8 Å². The Labute approximate surface area is 175 Å². The molecule has 0 spiro atoms. The van der Waals surface area contributed by atoms with E-state index in [2.05, 4.69) is 36.3 Å². The Morgan fingerprint density at radius 1 is 0.966 bits per heavy atom. The predicted octanol–water partition coefficient (Wildman–Crippen LogP) is 2.47. The highest BCUT2D eigenvalue weighted by atomic mass is 16.5. The Morgan fingerprint density at radius 3 is 2.14 bits per heavy atom. The minimum absolute atomic E-state index is 0.109. The first-order valence-corrected chi connectivity index (χ1v) is 10.4. The lowest BCUT2D eigenvalue weighted by Crippen LogP contribution is -2.27. The smallest absolute Gasteiger partial charge is 0.251 e. The quantitative estimate of drug-likeness (QED) is 0.347. The van der Waals surface area contributed by atoms with Crippen LogP contribution >= 0.6 is 0 Å². The fraction of sp³-hybridized carbons (Fsp3) is 0.609. The first-order chi connectivity index (χ1) is 14.2. The van der Waals surface area contributed by atoms with Gasteiger partial charge in [-0.25, -0.2) is 0 Å². The fourth-order valence-electron chi connectivity index (χ4n) is 2.47. The van der Waals surface area contributed by atoms with E-state index in [9.17, 15) is 4.79 Å². The van der Waals surface area contributed by atoms with Crippen LogP contribution in [0.5, 0.6) is 0 Å². The molecule has 0 fully saturated rings. The summed E-state index contributed by atoms with van der Waals surface area (Å²) in [5.41, 5.74) is 1.55. The summed E-state index contributed by atoms with van der Waals surface area (Å²) in [7, 11) is 1.89. The van der Waals surface area contributed by atoms with Gasteiger partial charge in [-0.1, -0.05) is 32.1 Å². The normalized spacial score (nSPS) is 11.6. The van der Waals surface area contributed by atoms with E-state index >= 15 is 0 Å². The van der Waals surface area contributed by atoms with E-state index in [1.165, 1.54) is 0 Å². The molecule has 6 heteroatoms. The monoisotopic (exact) mass is 404 g/mol. The van der Waals surface area contributed by atoms with Crippen LogP contribution in [0.3, 0.4) is 0 Å². The molecule has 1 rings (SSSR count). The van der Waals surface area contributed by atoms with Gasteiger partial charge >= 0.3 is 0 Å². The molecule has 0 bridgehead atoms. The van der Waals surface area contributed by atoms with Crippen molar-refractivity contribution in [2.75, 3.05) is 59.8 Å². The molecule has 0 heterocycles. The first kappa shape index (κ1) is 25.1. The van der Waals surface area contributed by atoms with E-state index in [-0.39, 0.29) is 5.91 Å². The Hall–Kier alpha value is -1.91. The summed E-state index contributed by atoms with van der Waals surface area (Å²) in [5.74, 6) is 6.69. The third-order valence-corrected chi connectivity index (χ3v) is 4.10. The Bertz CT molecular complexity index is 608. The van der Waals surface area contributed by atoms with Gasteiger partial charge in [0.2, 0.25) is 0 Å². The van der Waals surface area contributed by atoms with Gasteiger partial charge in [-0.05, 0) is 37.7 Å². The fourth-order valence-corrected chi connectivity index (χ4v) is 2.47. The second kappa shape index (κ2) is 17.0. The van der Waals surface area contributed by atoms with Gasteiger partial charge < -0.3 is 24.8 Å². The Kier molecular flexibility index (Phi) is 14.7. The van der Waals surface area contributed by atoms with Crippen LogP contribution in [0.15, 0.2) is 24.3 Å². The van der Waals surface area contributed by atoms with Crippen LogP contribution in [-0.2, 0) is 14.2 Å². The zero-order valence-corrected chi connectivity index (χ0v) is 18.1. The van der Waals surface area contributed by atoms with Gasteiger partial charge in [-0.15, -0.1) is 0 Å². The summed E-state index contributed by atoms with van der Waals surface area (Å²) < 4.78 is 16.2. The van der Waals surface area contributed by atoms with Gasteiger partial charge in [0.05, 0.1) is 39.6 Å². The Morgan fingerprint density at radius 2 is 1.55 bits per heavy atom. The van der Waals surface area contributed by atoms with Crippen molar-refractivity contribution in [1.29, 1.82) is 0 Å².